The molecule has 0 spiro atoms. The SMILES string of the molecule is COc1ccc(-c2cc(C(=O)NCc3cccc(C(F)(F)F)c3)n(-c3ccccc3Cl)n2)c(OC)c1. The molecule has 36 heavy (non-hydrogen) atoms. The fraction of sp³-hybridized carbons (Fsp3) is 0.154. The van der Waals surface area contributed by atoms with Crippen LogP contribution in [-0.4, -0.2) is 29.9 Å². The second-order valence-corrected chi connectivity index (χ2v) is 8.13. The molecule has 0 saturated carbocycles. The van der Waals surface area contributed by atoms with Crippen molar-refractivity contribution in [2.75, 3.05) is 14.2 Å². The lowest BCUT2D eigenvalue weighted by molar-refractivity contribution is -0.137. The Morgan fingerprint density at radius 1 is 1.00 bits per heavy atom. The fourth-order valence-electron chi connectivity index (χ4n) is 3.62. The average molecular weight is 516 g/mol. The summed E-state index contributed by atoms with van der Waals surface area (Å²) in [7, 11) is 3.04. The number of para-hydroxylation sites is 1. The highest BCUT2D eigenvalue weighted by molar-refractivity contribution is 6.32. The summed E-state index contributed by atoms with van der Waals surface area (Å²) in [6.45, 7) is -0.113. The number of alkyl halides is 3. The normalized spacial score (nSPS) is 11.3. The minimum absolute atomic E-state index is 0.113. The van der Waals surface area contributed by atoms with Crippen molar-refractivity contribution in [3.05, 3.63) is 94.6 Å². The Morgan fingerprint density at radius 3 is 2.47 bits per heavy atom. The third-order valence-corrected chi connectivity index (χ3v) is 5.73. The van der Waals surface area contributed by atoms with Gasteiger partial charge >= 0.3 is 6.18 Å². The maximum absolute atomic E-state index is 13.2. The van der Waals surface area contributed by atoms with Gasteiger partial charge < -0.3 is 14.8 Å². The molecule has 0 aliphatic carbocycles. The van der Waals surface area contributed by atoms with Crippen LogP contribution in [0.15, 0.2) is 72.8 Å². The Kier molecular flexibility index (Phi) is 7.21. The molecule has 1 aromatic heterocycles. The van der Waals surface area contributed by atoms with Gasteiger partial charge in [-0.25, -0.2) is 4.68 Å². The Balaban J connectivity index is 1.71. The van der Waals surface area contributed by atoms with Crippen molar-refractivity contribution in [2.24, 2.45) is 0 Å². The third kappa shape index (κ3) is 5.31. The van der Waals surface area contributed by atoms with Crippen LogP contribution in [0, 0.1) is 0 Å². The molecule has 186 valence electrons. The van der Waals surface area contributed by atoms with E-state index in [-0.39, 0.29) is 12.2 Å². The van der Waals surface area contributed by atoms with Gasteiger partial charge in [-0.2, -0.15) is 18.3 Å². The molecule has 0 aliphatic rings. The van der Waals surface area contributed by atoms with Gasteiger partial charge in [-0.15, -0.1) is 0 Å². The number of aromatic nitrogens is 2. The number of amides is 1. The average Bonchev–Trinajstić information content (AvgIpc) is 3.32. The van der Waals surface area contributed by atoms with Gasteiger partial charge in [0, 0.05) is 18.2 Å². The number of nitrogens with zero attached hydrogens (tertiary/aromatic N) is 2. The number of rotatable bonds is 7. The van der Waals surface area contributed by atoms with E-state index in [0.717, 1.165) is 12.1 Å². The molecular weight excluding hydrogens is 495 g/mol. The number of halogens is 4. The van der Waals surface area contributed by atoms with Gasteiger partial charge in [0.25, 0.3) is 5.91 Å². The highest BCUT2D eigenvalue weighted by atomic mass is 35.5. The Morgan fingerprint density at radius 2 is 1.78 bits per heavy atom. The standard InChI is InChI=1S/C26H21ClF3N3O3/c1-35-18-10-11-19(24(13-18)36-2)21-14-23(33(32-21)22-9-4-3-8-20(22)27)25(34)31-15-16-6-5-7-17(12-16)26(28,29)30/h3-14H,15H2,1-2H3,(H,31,34). The summed E-state index contributed by atoms with van der Waals surface area (Å²) in [6.07, 6.45) is -4.48. The van der Waals surface area contributed by atoms with Gasteiger partial charge in [0.1, 0.15) is 17.2 Å². The first-order chi connectivity index (χ1) is 17.2. The van der Waals surface area contributed by atoms with Gasteiger partial charge in [-0.1, -0.05) is 35.9 Å². The zero-order valence-corrected chi connectivity index (χ0v) is 20.0. The molecule has 0 unspecified atom stereocenters. The van der Waals surface area contributed by atoms with Crippen LogP contribution in [0.2, 0.25) is 5.02 Å². The molecule has 1 N–H and O–H groups in total. The summed E-state index contributed by atoms with van der Waals surface area (Å²) >= 11 is 6.38. The van der Waals surface area contributed by atoms with Gasteiger partial charge in [-0.3, -0.25) is 4.79 Å². The summed E-state index contributed by atoms with van der Waals surface area (Å²) < 4.78 is 51.3. The Hall–Kier alpha value is -3.98. The number of carbonyl (C=O) groups excluding carboxylic acids is 1. The van der Waals surface area contributed by atoms with Crippen LogP contribution in [0.4, 0.5) is 13.2 Å². The van der Waals surface area contributed by atoms with Crippen LogP contribution in [0.3, 0.4) is 0 Å². The second-order valence-electron chi connectivity index (χ2n) is 7.73. The lowest BCUT2D eigenvalue weighted by atomic mass is 10.1. The molecule has 3 aromatic carbocycles. The quantitative estimate of drug-likeness (QED) is 0.320. The number of hydrogen-bond donors (Lipinski definition) is 1. The Bertz CT molecular complexity index is 1400. The summed E-state index contributed by atoms with van der Waals surface area (Å²) in [5, 5.41) is 7.64. The zero-order chi connectivity index (χ0) is 25.9. The number of nitrogens with one attached hydrogen (secondary N) is 1. The van der Waals surface area contributed by atoms with E-state index in [9.17, 15) is 18.0 Å². The van der Waals surface area contributed by atoms with Crippen molar-refractivity contribution in [3.8, 4) is 28.4 Å². The largest absolute Gasteiger partial charge is 0.497 e. The number of ether oxygens (including phenoxy) is 2. The van der Waals surface area contributed by atoms with Crippen LogP contribution >= 0.6 is 11.6 Å². The van der Waals surface area contributed by atoms with Gasteiger partial charge in [0.15, 0.2) is 0 Å². The molecule has 0 radical (unpaired) electrons. The van der Waals surface area contributed by atoms with Crippen molar-refractivity contribution in [1.82, 2.24) is 15.1 Å². The van der Waals surface area contributed by atoms with Crippen molar-refractivity contribution in [3.63, 3.8) is 0 Å². The van der Waals surface area contributed by atoms with Crippen molar-refractivity contribution >= 4 is 17.5 Å². The number of benzene rings is 3. The first kappa shape index (κ1) is 25.1. The van der Waals surface area contributed by atoms with E-state index in [2.05, 4.69) is 10.4 Å². The van der Waals surface area contributed by atoms with E-state index in [1.807, 2.05) is 0 Å². The smallest absolute Gasteiger partial charge is 0.416 e. The number of carbonyl (C=O) groups is 1. The zero-order valence-electron chi connectivity index (χ0n) is 19.3. The lowest BCUT2D eigenvalue weighted by Gasteiger charge is -2.11. The molecule has 0 bridgehead atoms. The van der Waals surface area contributed by atoms with E-state index in [4.69, 9.17) is 21.1 Å². The molecule has 0 atom stereocenters. The van der Waals surface area contributed by atoms with Crippen LogP contribution < -0.4 is 14.8 Å². The van der Waals surface area contributed by atoms with Crippen molar-refractivity contribution in [2.45, 2.75) is 12.7 Å². The topological polar surface area (TPSA) is 65.4 Å². The molecule has 6 nitrogen and oxygen atoms in total. The van der Waals surface area contributed by atoms with Gasteiger partial charge in [0.05, 0.1) is 36.2 Å². The van der Waals surface area contributed by atoms with E-state index in [0.29, 0.717) is 39.0 Å². The number of methoxy groups -OCH3 is 2. The van der Waals surface area contributed by atoms with E-state index >= 15 is 0 Å². The van der Waals surface area contributed by atoms with E-state index < -0.39 is 17.6 Å². The van der Waals surface area contributed by atoms with Crippen LogP contribution in [0.25, 0.3) is 16.9 Å². The molecule has 4 rings (SSSR count). The first-order valence-corrected chi connectivity index (χ1v) is 11.1. The van der Waals surface area contributed by atoms with Crippen LogP contribution in [0.5, 0.6) is 11.5 Å². The lowest BCUT2D eigenvalue weighted by Crippen LogP contribution is -2.25. The Labute approximate surface area is 210 Å². The van der Waals surface area contributed by atoms with Crippen molar-refractivity contribution in [1.29, 1.82) is 0 Å². The maximum atomic E-state index is 13.2. The highest BCUT2D eigenvalue weighted by Gasteiger charge is 2.30. The molecule has 1 heterocycles. The molecule has 0 fully saturated rings. The second kappa shape index (κ2) is 10.3. The van der Waals surface area contributed by atoms with E-state index in [1.54, 1.807) is 48.5 Å². The molecule has 0 saturated heterocycles. The number of hydrogen-bond acceptors (Lipinski definition) is 4. The molecular formula is C26H21ClF3N3O3. The van der Waals surface area contributed by atoms with Gasteiger partial charge in [0.2, 0.25) is 0 Å². The molecule has 10 heteroatoms. The summed E-state index contributed by atoms with van der Waals surface area (Å²) in [6, 6.07) is 18.4. The predicted molar refractivity (Wildman–Crippen MR) is 130 cm³/mol. The summed E-state index contributed by atoms with van der Waals surface area (Å²) in [5.41, 5.74) is 1.16. The molecule has 4 aromatic rings. The fourth-order valence-corrected chi connectivity index (χ4v) is 3.84. The minimum Gasteiger partial charge on any atom is -0.497 e. The monoisotopic (exact) mass is 515 g/mol. The molecule has 0 aliphatic heterocycles. The summed E-state index contributed by atoms with van der Waals surface area (Å²) in [4.78, 5) is 13.2. The first-order valence-electron chi connectivity index (χ1n) is 10.7. The highest BCUT2D eigenvalue weighted by Crippen LogP contribution is 2.34. The maximum Gasteiger partial charge on any atom is 0.416 e. The third-order valence-electron chi connectivity index (χ3n) is 5.41. The van der Waals surface area contributed by atoms with Crippen LogP contribution in [-0.2, 0) is 12.7 Å². The van der Waals surface area contributed by atoms with E-state index in [1.165, 1.54) is 31.0 Å². The molecule has 1 amide bonds. The summed E-state index contributed by atoms with van der Waals surface area (Å²) in [5.74, 6) is 0.521. The van der Waals surface area contributed by atoms with Crippen LogP contribution in [0.1, 0.15) is 21.6 Å². The van der Waals surface area contributed by atoms with Gasteiger partial charge in [-0.05, 0) is 48.0 Å². The predicted octanol–water partition coefficient (Wildman–Crippen LogP) is 6.16. The minimum atomic E-state index is -4.48. The van der Waals surface area contributed by atoms with Crippen molar-refractivity contribution < 1.29 is 27.4 Å².